The number of nitrogens with zero attached hydrogens (tertiary/aromatic N) is 2. The Bertz CT molecular complexity index is 1180. The van der Waals surface area contributed by atoms with Crippen LogP contribution in [0.25, 0.3) is 0 Å². The van der Waals surface area contributed by atoms with E-state index in [1.165, 1.54) is 6.20 Å². The molecule has 3 aromatic rings. The molecule has 0 saturated heterocycles. The number of aromatic nitrogens is 2. The number of nitrogens with one attached hydrogen (secondary N) is 2. The van der Waals surface area contributed by atoms with Gasteiger partial charge in [-0.3, -0.25) is 4.79 Å². The van der Waals surface area contributed by atoms with E-state index in [1.54, 1.807) is 42.1 Å². The first-order valence-corrected chi connectivity index (χ1v) is 9.98. The monoisotopic (exact) mass is 434 g/mol. The maximum Gasteiger partial charge on any atom is 0.352 e. The highest BCUT2D eigenvalue weighted by atomic mass is 16.5. The van der Waals surface area contributed by atoms with Gasteiger partial charge < -0.3 is 25.2 Å². The second-order valence-electron chi connectivity index (χ2n) is 6.96. The number of amides is 1. The maximum atomic E-state index is 13.0. The van der Waals surface area contributed by atoms with Gasteiger partial charge >= 0.3 is 5.97 Å². The molecule has 164 valence electrons. The molecule has 0 radical (unpaired) electrons. The Morgan fingerprint density at radius 1 is 1.19 bits per heavy atom. The van der Waals surface area contributed by atoms with Gasteiger partial charge in [-0.1, -0.05) is 18.2 Å². The lowest BCUT2D eigenvalue weighted by molar-refractivity contribution is -0.132. The summed E-state index contributed by atoms with van der Waals surface area (Å²) in [5, 5.41) is 19.6. The van der Waals surface area contributed by atoms with E-state index in [9.17, 15) is 14.7 Å². The first kappa shape index (κ1) is 21.0. The summed E-state index contributed by atoms with van der Waals surface area (Å²) in [6.07, 6.45) is 2.96. The SMILES string of the molecule is CCOc1ccccc1C1C=C(C(=O)O)Nc2c(C(=O)Nc3ccc(OC)cc3)cnn21. The van der Waals surface area contributed by atoms with Crippen molar-refractivity contribution in [3.05, 3.63) is 77.6 Å². The lowest BCUT2D eigenvalue weighted by atomic mass is 10.0. The summed E-state index contributed by atoms with van der Waals surface area (Å²) in [4.78, 5) is 24.8. The number of hydrogen-bond acceptors (Lipinski definition) is 6. The fourth-order valence-electron chi connectivity index (χ4n) is 3.49. The van der Waals surface area contributed by atoms with Crippen molar-refractivity contribution in [3.8, 4) is 11.5 Å². The van der Waals surface area contributed by atoms with Crippen molar-refractivity contribution < 1.29 is 24.2 Å². The first-order valence-electron chi connectivity index (χ1n) is 9.98. The van der Waals surface area contributed by atoms with Crippen molar-refractivity contribution in [2.75, 3.05) is 24.4 Å². The van der Waals surface area contributed by atoms with Crippen LogP contribution in [0.3, 0.4) is 0 Å². The number of fused-ring (bicyclic) bond motifs is 1. The van der Waals surface area contributed by atoms with Crippen molar-refractivity contribution in [1.29, 1.82) is 0 Å². The van der Waals surface area contributed by atoms with Crippen molar-refractivity contribution in [3.63, 3.8) is 0 Å². The number of carbonyl (C=O) groups is 2. The van der Waals surface area contributed by atoms with E-state index >= 15 is 0 Å². The van der Waals surface area contributed by atoms with Gasteiger partial charge in [-0.05, 0) is 43.3 Å². The Labute approximate surface area is 184 Å². The van der Waals surface area contributed by atoms with Crippen LogP contribution in [0, 0.1) is 0 Å². The molecule has 0 spiro atoms. The number of aliphatic carboxylic acids is 1. The molecule has 1 aromatic heterocycles. The fraction of sp³-hybridized carbons (Fsp3) is 0.174. The molecule has 0 saturated carbocycles. The number of hydrogen-bond donors (Lipinski definition) is 3. The molecule has 2 aromatic carbocycles. The van der Waals surface area contributed by atoms with Crippen LogP contribution in [-0.4, -0.2) is 40.5 Å². The van der Waals surface area contributed by atoms with Crippen LogP contribution in [0.2, 0.25) is 0 Å². The largest absolute Gasteiger partial charge is 0.497 e. The van der Waals surface area contributed by atoms with E-state index in [-0.39, 0.29) is 17.1 Å². The molecule has 1 unspecified atom stereocenters. The molecule has 4 rings (SSSR count). The minimum absolute atomic E-state index is 0.0483. The van der Waals surface area contributed by atoms with Crippen molar-refractivity contribution in [2.24, 2.45) is 0 Å². The molecule has 32 heavy (non-hydrogen) atoms. The summed E-state index contributed by atoms with van der Waals surface area (Å²) in [5.41, 5.74) is 1.47. The zero-order valence-electron chi connectivity index (χ0n) is 17.5. The standard InChI is InChI=1S/C23H22N4O5/c1-3-32-20-7-5-4-6-16(20)19-12-18(23(29)30)26-21-17(13-24-27(19)21)22(28)25-14-8-10-15(31-2)11-9-14/h4-13,19,26H,3H2,1-2H3,(H,25,28)(H,29,30). The first-order chi connectivity index (χ1) is 15.5. The highest BCUT2D eigenvalue weighted by Crippen LogP contribution is 2.36. The molecule has 0 aliphatic carbocycles. The van der Waals surface area contributed by atoms with Gasteiger partial charge in [0, 0.05) is 11.3 Å². The Hall–Kier alpha value is -4.27. The van der Waals surface area contributed by atoms with E-state index in [2.05, 4.69) is 15.7 Å². The lowest BCUT2D eigenvalue weighted by Crippen LogP contribution is -2.26. The van der Waals surface area contributed by atoms with E-state index in [4.69, 9.17) is 9.47 Å². The summed E-state index contributed by atoms with van der Waals surface area (Å²) in [5.74, 6) is 0.00524. The second kappa shape index (κ2) is 8.84. The Morgan fingerprint density at radius 3 is 2.62 bits per heavy atom. The predicted octanol–water partition coefficient (Wildman–Crippen LogP) is 3.53. The van der Waals surface area contributed by atoms with Gasteiger partial charge in [0.05, 0.1) is 19.9 Å². The Morgan fingerprint density at radius 2 is 1.94 bits per heavy atom. The normalized spacial score (nSPS) is 14.6. The molecular formula is C23H22N4O5. The average molecular weight is 434 g/mol. The highest BCUT2D eigenvalue weighted by molar-refractivity contribution is 6.08. The topological polar surface area (TPSA) is 115 Å². The van der Waals surface area contributed by atoms with Crippen molar-refractivity contribution >= 4 is 23.4 Å². The molecule has 3 N–H and O–H groups in total. The highest BCUT2D eigenvalue weighted by Gasteiger charge is 2.30. The summed E-state index contributed by atoms with van der Waals surface area (Å²) >= 11 is 0. The van der Waals surface area contributed by atoms with Gasteiger partial charge in [-0.15, -0.1) is 0 Å². The van der Waals surface area contributed by atoms with E-state index in [0.717, 1.165) is 5.56 Å². The third-order valence-corrected chi connectivity index (χ3v) is 5.00. The van der Waals surface area contributed by atoms with Gasteiger partial charge in [-0.25, -0.2) is 9.48 Å². The molecule has 1 amide bonds. The van der Waals surface area contributed by atoms with Gasteiger partial charge in [0.25, 0.3) is 5.91 Å². The van der Waals surface area contributed by atoms with Crippen LogP contribution in [0.1, 0.15) is 28.9 Å². The fourth-order valence-corrected chi connectivity index (χ4v) is 3.49. The van der Waals surface area contributed by atoms with Gasteiger partial charge in [-0.2, -0.15) is 5.10 Å². The zero-order valence-corrected chi connectivity index (χ0v) is 17.5. The number of carbonyl (C=O) groups excluding carboxylic acids is 1. The van der Waals surface area contributed by atoms with E-state index < -0.39 is 17.9 Å². The number of carboxylic acids is 1. The van der Waals surface area contributed by atoms with E-state index in [1.807, 2.05) is 31.2 Å². The molecule has 9 heteroatoms. The zero-order chi connectivity index (χ0) is 22.7. The molecule has 1 aliphatic heterocycles. The number of carboxylic acid groups (broad SMARTS) is 1. The van der Waals surface area contributed by atoms with Crippen LogP contribution < -0.4 is 20.1 Å². The molecule has 1 atom stereocenters. The molecule has 0 fully saturated rings. The molecule has 0 bridgehead atoms. The summed E-state index contributed by atoms with van der Waals surface area (Å²) in [6.45, 7) is 2.33. The average Bonchev–Trinajstić information content (AvgIpc) is 3.24. The van der Waals surface area contributed by atoms with E-state index in [0.29, 0.717) is 23.8 Å². The third-order valence-electron chi connectivity index (χ3n) is 5.00. The van der Waals surface area contributed by atoms with Crippen molar-refractivity contribution in [2.45, 2.75) is 13.0 Å². The second-order valence-corrected chi connectivity index (χ2v) is 6.96. The summed E-state index contributed by atoms with van der Waals surface area (Å²) < 4.78 is 12.4. The quantitative estimate of drug-likeness (QED) is 0.521. The number of rotatable bonds is 7. The minimum atomic E-state index is -1.14. The van der Waals surface area contributed by atoms with Gasteiger partial charge in [0.1, 0.15) is 34.6 Å². The number of ether oxygens (including phenoxy) is 2. The van der Waals surface area contributed by atoms with Crippen LogP contribution in [0.4, 0.5) is 11.5 Å². The van der Waals surface area contributed by atoms with Crippen molar-refractivity contribution in [1.82, 2.24) is 9.78 Å². The maximum absolute atomic E-state index is 13.0. The molecule has 2 heterocycles. The smallest absolute Gasteiger partial charge is 0.352 e. The summed E-state index contributed by atoms with van der Waals surface area (Å²) in [7, 11) is 1.56. The number of benzene rings is 2. The van der Waals surface area contributed by atoms with Gasteiger partial charge in [0.15, 0.2) is 0 Å². The minimum Gasteiger partial charge on any atom is -0.497 e. The van der Waals surface area contributed by atoms with Crippen LogP contribution in [-0.2, 0) is 4.79 Å². The number of para-hydroxylation sites is 1. The molecule has 9 nitrogen and oxygen atoms in total. The van der Waals surface area contributed by atoms with Gasteiger partial charge in [0.2, 0.25) is 0 Å². The summed E-state index contributed by atoms with van der Waals surface area (Å²) in [6, 6.07) is 13.7. The van der Waals surface area contributed by atoms with Crippen LogP contribution in [0.5, 0.6) is 11.5 Å². The molecule has 1 aliphatic rings. The Balaban J connectivity index is 1.71. The third kappa shape index (κ3) is 4.00. The Kier molecular flexibility index (Phi) is 5.80. The van der Waals surface area contributed by atoms with Crippen LogP contribution in [0.15, 0.2) is 66.5 Å². The number of allylic oxidation sites excluding steroid dienone is 1. The van der Waals surface area contributed by atoms with Crippen LogP contribution >= 0.6 is 0 Å². The molecular weight excluding hydrogens is 412 g/mol. The number of methoxy groups -OCH3 is 1. The number of anilines is 2. The predicted molar refractivity (Wildman–Crippen MR) is 118 cm³/mol. The lowest BCUT2D eigenvalue weighted by Gasteiger charge is -2.25.